The first-order chi connectivity index (χ1) is 29.2. The molecule has 0 aromatic carbocycles. The van der Waals surface area contributed by atoms with Crippen molar-refractivity contribution in [2.24, 2.45) is 0 Å². The van der Waals surface area contributed by atoms with Crippen LogP contribution in [0.4, 0.5) is 0 Å². The number of aromatic nitrogens is 4. The van der Waals surface area contributed by atoms with Crippen LogP contribution in [0.15, 0.2) is 24.8 Å². The summed E-state index contributed by atoms with van der Waals surface area (Å²) in [5.74, 6) is -3.19. The molecule has 0 saturated heterocycles. The van der Waals surface area contributed by atoms with Crippen molar-refractivity contribution in [1.29, 1.82) is 0 Å². The summed E-state index contributed by atoms with van der Waals surface area (Å²) in [7, 11) is -9.50. The third kappa shape index (κ3) is 11.9. The number of fused-ring (bicyclic) bond motifs is 8. The number of hydrogen-bond acceptors (Lipinski definition) is 8. The van der Waals surface area contributed by atoms with E-state index in [4.69, 9.17) is 22.3 Å². The normalized spacial score (nSPS) is 16.1. The molecule has 0 spiro atoms. The number of hydrogen-bond donors (Lipinski definition) is 5. The lowest BCUT2D eigenvalue weighted by Crippen LogP contribution is -2.60. The zero-order valence-corrected chi connectivity index (χ0v) is 43.9. The molecule has 13 nitrogen and oxygen atoms in total. The summed E-state index contributed by atoms with van der Waals surface area (Å²) in [6.45, 7) is 33.6. The number of nitrogens with zero attached hydrogens (tertiary/aromatic N) is 2. The minimum Gasteiger partial charge on any atom is -0.481 e. The van der Waals surface area contributed by atoms with E-state index in [-0.39, 0.29) is 42.4 Å². The third-order valence-corrected chi connectivity index (χ3v) is 23.4. The van der Waals surface area contributed by atoms with Gasteiger partial charge < -0.3 is 37.8 Å². The number of aromatic amines is 2. The lowest BCUT2D eigenvalue weighted by Gasteiger charge is -2.43. The molecule has 5 N–H and O–H groups in total. The number of carboxylic acids is 2. The number of carbonyl (C=O) groups is 3. The number of aryl methyl sites for hydroxylation is 3. The molecule has 0 unspecified atom stereocenters. The smallest absolute Gasteiger partial charge is 0.469 e. The molecule has 8 bridgehead atoms. The number of allylic oxidation sites excluding steroid dienone is 1. The van der Waals surface area contributed by atoms with Crippen molar-refractivity contribution in [2.75, 3.05) is 6.54 Å². The van der Waals surface area contributed by atoms with E-state index in [9.17, 15) is 24.6 Å². The Morgan fingerprint density at radius 2 is 1.41 bits per heavy atom. The van der Waals surface area contributed by atoms with E-state index in [1.165, 1.54) is 0 Å². The fourth-order valence-electron chi connectivity index (χ4n) is 8.75. The average molecular weight is 932 g/mol. The van der Waals surface area contributed by atoms with Crippen LogP contribution in [0.5, 0.6) is 0 Å². The van der Waals surface area contributed by atoms with Crippen molar-refractivity contribution in [3.8, 4) is 0 Å². The molecule has 0 saturated carbocycles. The first kappa shape index (κ1) is 49.8. The van der Waals surface area contributed by atoms with Crippen molar-refractivity contribution in [3.05, 3.63) is 75.4 Å². The van der Waals surface area contributed by atoms with Crippen molar-refractivity contribution in [2.45, 2.75) is 144 Å². The molecule has 2 atom stereocenters. The Labute approximate surface area is 377 Å². The van der Waals surface area contributed by atoms with Gasteiger partial charge in [-0.25, -0.2) is 9.78 Å². The van der Waals surface area contributed by atoms with Gasteiger partial charge in [-0.05, 0) is 139 Å². The summed E-state index contributed by atoms with van der Waals surface area (Å²) in [6, 6.07) is 6.46. The fraction of sp³-hybridized carbons (Fsp3) is 0.500. The first-order valence-electron chi connectivity index (χ1n) is 22.1. The van der Waals surface area contributed by atoms with Crippen LogP contribution in [-0.2, 0) is 39.6 Å². The van der Waals surface area contributed by atoms with Crippen molar-refractivity contribution in [1.82, 2.24) is 25.3 Å². The summed E-state index contributed by atoms with van der Waals surface area (Å²) in [5, 5.41) is 23.9. The molecule has 3 aromatic heterocycles. The van der Waals surface area contributed by atoms with E-state index in [1.807, 2.05) is 32.1 Å². The van der Waals surface area contributed by atoms with E-state index in [1.54, 1.807) is 6.92 Å². The highest BCUT2D eigenvalue weighted by molar-refractivity contribution is 6.90. The zero-order chi connectivity index (χ0) is 47.0. The lowest BCUT2D eigenvalue weighted by molar-refractivity contribution is -0.137. The maximum atomic E-state index is 14.3. The second-order valence-electron chi connectivity index (χ2n) is 19.9. The SMILES string of the molecule is C=Cc1c(C)c2cc3nc(c(CC(=O)NCCC[Si](O[Si](C)(C)C)(O[Si](C)(C)C)O[Si](C)(C)C)c4nc(cc5[nH]c(cc1[nH]2)c(C)c5CC)C(C)=C4C(=O)O)[C@@H](CCC(=O)O)[C@@H]3C. The van der Waals surface area contributed by atoms with Gasteiger partial charge in [-0.1, -0.05) is 26.5 Å². The molecule has 342 valence electrons. The van der Waals surface area contributed by atoms with E-state index in [2.05, 4.69) is 101 Å². The molecule has 0 fully saturated rings. The molecule has 5 rings (SSSR count). The van der Waals surface area contributed by atoms with Gasteiger partial charge in [-0.3, -0.25) is 14.6 Å². The number of carboxylic acid groups (broad SMARTS) is 2. The van der Waals surface area contributed by atoms with Crippen LogP contribution in [0.25, 0.3) is 39.3 Å². The number of aliphatic carboxylic acids is 2. The number of rotatable bonds is 18. The van der Waals surface area contributed by atoms with Crippen molar-refractivity contribution >= 4 is 90.9 Å². The second kappa shape index (κ2) is 19.1. The Bertz CT molecular complexity index is 2450. The zero-order valence-electron chi connectivity index (χ0n) is 39.9. The minimum absolute atomic E-state index is 0.0161. The van der Waals surface area contributed by atoms with E-state index in [0.717, 1.165) is 50.7 Å². The van der Waals surface area contributed by atoms with Crippen LogP contribution < -0.4 is 5.32 Å². The van der Waals surface area contributed by atoms with E-state index < -0.39 is 51.6 Å². The summed E-state index contributed by atoms with van der Waals surface area (Å²) in [4.78, 5) is 57.1. The van der Waals surface area contributed by atoms with Crippen LogP contribution in [-0.4, -0.2) is 88.3 Å². The molecule has 2 aliphatic heterocycles. The molecular weight excluding hydrogens is 863 g/mol. The predicted molar refractivity (Wildman–Crippen MR) is 263 cm³/mol. The molecule has 5 heterocycles. The quantitative estimate of drug-likeness (QED) is 0.0606. The average Bonchev–Trinajstić information content (AvgIpc) is 3.82. The Hall–Kier alpha value is -4.24. The largest absolute Gasteiger partial charge is 0.481 e. The van der Waals surface area contributed by atoms with Gasteiger partial charge in [0.15, 0.2) is 25.0 Å². The maximum absolute atomic E-state index is 14.3. The highest BCUT2D eigenvalue weighted by Gasteiger charge is 2.49. The van der Waals surface area contributed by atoms with Crippen LogP contribution >= 0.6 is 0 Å². The number of nitrogens with one attached hydrogen (secondary N) is 3. The Morgan fingerprint density at radius 1 is 0.825 bits per heavy atom. The minimum atomic E-state index is -3.16. The maximum Gasteiger partial charge on any atom is 0.469 e. The summed E-state index contributed by atoms with van der Waals surface area (Å²) < 4.78 is 20.6. The molecule has 2 aliphatic rings. The van der Waals surface area contributed by atoms with Gasteiger partial charge in [0.25, 0.3) is 0 Å². The van der Waals surface area contributed by atoms with Gasteiger partial charge in [0.1, 0.15) is 0 Å². The van der Waals surface area contributed by atoms with Gasteiger partial charge >= 0.3 is 20.7 Å². The van der Waals surface area contributed by atoms with E-state index in [0.29, 0.717) is 47.2 Å². The molecule has 3 aromatic rings. The molecular formula is C46H69N5O8Si4. The van der Waals surface area contributed by atoms with Crippen LogP contribution in [0, 0.1) is 13.8 Å². The summed E-state index contributed by atoms with van der Waals surface area (Å²) in [6.07, 6.45) is 2.95. The van der Waals surface area contributed by atoms with Crippen LogP contribution in [0.3, 0.4) is 0 Å². The number of carbonyl (C=O) groups excluding carboxylic acids is 1. The van der Waals surface area contributed by atoms with Gasteiger partial charge in [0.05, 0.1) is 29.1 Å². The Morgan fingerprint density at radius 3 is 1.95 bits per heavy atom. The van der Waals surface area contributed by atoms with Gasteiger partial charge in [-0.2, -0.15) is 0 Å². The van der Waals surface area contributed by atoms with Crippen LogP contribution in [0.1, 0.15) is 102 Å². The highest BCUT2D eigenvalue weighted by Crippen LogP contribution is 2.44. The summed E-state index contributed by atoms with van der Waals surface area (Å²) >= 11 is 0. The van der Waals surface area contributed by atoms with E-state index >= 15 is 0 Å². The number of amides is 1. The van der Waals surface area contributed by atoms with Crippen LogP contribution in [0.2, 0.25) is 65.0 Å². The standard InChI is InChI=1S/C46H69N5O8Si4/c1-16-31-27(3)35-24-37-29(5)33(19-20-42(53)54)44(50-37)34(23-41(52)47-21-18-22-63(57-60(7,8)9,58-61(10,11)12)59-62(13,14)15)45-43(46(55)56)30(6)38(51-45)26-40-32(17-2)28(4)36(49-40)25-39(31)48-35/h16,24-26,29,33,48-49H,1,17-23H2,2-15H3,(H,47,52)(H,53,54)(H,55,56)/t29-,33-/m0/s1. The van der Waals surface area contributed by atoms with Crippen molar-refractivity contribution < 1.29 is 36.9 Å². The van der Waals surface area contributed by atoms with Gasteiger partial charge in [-0.15, -0.1) is 0 Å². The molecule has 0 radical (unpaired) electrons. The lowest BCUT2D eigenvalue weighted by atomic mass is 9.84. The molecule has 17 heteroatoms. The second-order valence-corrected chi connectivity index (χ2v) is 36.9. The molecule has 0 aliphatic carbocycles. The monoisotopic (exact) mass is 931 g/mol. The van der Waals surface area contributed by atoms with Gasteiger partial charge in [0, 0.05) is 69.7 Å². The number of H-pyrrole nitrogens is 2. The first-order valence-corrected chi connectivity index (χ1v) is 34.2. The molecule has 1 amide bonds. The fourth-order valence-corrected chi connectivity index (χ4v) is 23.4. The predicted octanol–water partition coefficient (Wildman–Crippen LogP) is 10.4. The molecule has 63 heavy (non-hydrogen) atoms. The Kier molecular flexibility index (Phi) is 15.1. The Balaban J connectivity index is 1.72. The van der Waals surface area contributed by atoms with Crippen molar-refractivity contribution in [3.63, 3.8) is 0 Å². The third-order valence-electron chi connectivity index (χ3n) is 11.3. The summed E-state index contributed by atoms with van der Waals surface area (Å²) in [5.41, 5.74) is 10.0. The highest BCUT2D eigenvalue weighted by atomic mass is 28.5. The topological polar surface area (TPSA) is 189 Å². The van der Waals surface area contributed by atoms with Gasteiger partial charge in [0.2, 0.25) is 5.91 Å².